The van der Waals surface area contributed by atoms with Gasteiger partial charge in [-0.05, 0) is 31.9 Å². The van der Waals surface area contributed by atoms with Gasteiger partial charge in [-0.3, -0.25) is 4.79 Å². The van der Waals surface area contributed by atoms with Crippen LogP contribution in [0, 0.1) is 6.92 Å². The molecule has 3 nitrogen and oxygen atoms in total. The maximum Gasteiger partial charge on any atom is 0.220 e. The van der Waals surface area contributed by atoms with Crippen molar-refractivity contribution in [1.29, 1.82) is 0 Å². The summed E-state index contributed by atoms with van der Waals surface area (Å²) in [5, 5.41) is 6.31. The van der Waals surface area contributed by atoms with Crippen molar-refractivity contribution < 1.29 is 4.79 Å². The number of hydrogen-bond acceptors (Lipinski definition) is 2. The predicted molar refractivity (Wildman–Crippen MR) is 76.2 cm³/mol. The third-order valence-corrected chi connectivity index (χ3v) is 3.15. The molecular formula is C14H21ClN2O. The number of aryl methyl sites for hydroxylation is 2. The number of carbonyl (C=O) groups excluding carboxylic acids is 1. The van der Waals surface area contributed by atoms with Crippen LogP contribution in [0.25, 0.3) is 0 Å². The molecule has 18 heavy (non-hydrogen) atoms. The van der Waals surface area contributed by atoms with Crippen LogP contribution in [0.2, 0.25) is 0 Å². The monoisotopic (exact) mass is 268 g/mol. The van der Waals surface area contributed by atoms with Crippen LogP contribution in [0.5, 0.6) is 0 Å². The Bertz CT molecular complexity index is 389. The van der Waals surface area contributed by atoms with Crippen LogP contribution in [-0.2, 0) is 11.2 Å². The van der Waals surface area contributed by atoms with Crippen molar-refractivity contribution in [2.24, 2.45) is 0 Å². The van der Waals surface area contributed by atoms with Crippen LogP contribution in [0.15, 0.2) is 24.3 Å². The highest BCUT2D eigenvalue weighted by atomic mass is 35.5. The average molecular weight is 269 g/mol. The van der Waals surface area contributed by atoms with E-state index in [1.165, 1.54) is 11.1 Å². The van der Waals surface area contributed by atoms with Gasteiger partial charge in [-0.15, -0.1) is 12.4 Å². The highest BCUT2D eigenvalue weighted by Gasteiger charge is 2.16. The third-order valence-electron chi connectivity index (χ3n) is 3.15. The number of nitrogens with one attached hydrogen (secondary N) is 2. The van der Waals surface area contributed by atoms with Gasteiger partial charge in [-0.1, -0.05) is 29.8 Å². The Morgan fingerprint density at radius 2 is 2.33 bits per heavy atom. The summed E-state index contributed by atoms with van der Waals surface area (Å²) in [7, 11) is 0. The van der Waals surface area contributed by atoms with Crippen molar-refractivity contribution in [2.45, 2.75) is 32.2 Å². The molecule has 1 atom stereocenters. The minimum atomic E-state index is 0. The number of amides is 1. The molecule has 2 N–H and O–H groups in total. The van der Waals surface area contributed by atoms with Gasteiger partial charge < -0.3 is 10.6 Å². The van der Waals surface area contributed by atoms with Crippen LogP contribution >= 0.6 is 12.4 Å². The average Bonchev–Trinajstić information content (AvgIpc) is 2.79. The summed E-state index contributed by atoms with van der Waals surface area (Å²) in [4.78, 5) is 11.7. The molecule has 4 heteroatoms. The molecule has 1 heterocycles. The number of carbonyl (C=O) groups is 1. The largest absolute Gasteiger partial charge is 0.352 e. The van der Waals surface area contributed by atoms with Crippen molar-refractivity contribution in [2.75, 3.05) is 13.1 Å². The lowest BCUT2D eigenvalue weighted by Gasteiger charge is -2.11. The number of rotatable bonds is 4. The van der Waals surface area contributed by atoms with Crippen LogP contribution in [-0.4, -0.2) is 25.0 Å². The second kappa shape index (κ2) is 7.39. The molecule has 0 radical (unpaired) electrons. The second-order valence-corrected chi connectivity index (χ2v) is 4.75. The zero-order valence-corrected chi connectivity index (χ0v) is 11.6. The van der Waals surface area contributed by atoms with E-state index in [0.29, 0.717) is 12.5 Å². The lowest BCUT2D eigenvalue weighted by Crippen LogP contribution is -2.36. The first-order valence-electron chi connectivity index (χ1n) is 6.29. The summed E-state index contributed by atoms with van der Waals surface area (Å²) in [5.74, 6) is 0.167. The molecule has 1 fully saturated rings. The molecule has 1 saturated heterocycles. The van der Waals surface area contributed by atoms with Crippen molar-refractivity contribution >= 4 is 18.3 Å². The fourth-order valence-electron chi connectivity index (χ4n) is 2.20. The third kappa shape index (κ3) is 4.67. The van der Waals surface area contributed by atoms with E-state index < -0.39 is 0 Å². The van der Waals surface area contributed by atoms with Gasteiger partial charge in [-0.25, -0.2) is 0 Å². The van der Waals surface area contributed by atoms with Crippen LogP contribution in [0.1, 0.15) is 24.0 Å². The minimum absolute atomic E-state index is 0. The summed E-state index contributed by atoms with van der Waals surface area (Å²) in [5.41, 5.74) is 2.49. The lowest BCUT2D eigenvalue weighted by molar-refractivity contribution is -0.121. The second-order valence-electron chi connectivity index (χ2n) is 4.75. The first kappa shape index (κ1) is 15.0. The number of halogens is 1. The maximum absolute atomic E-state index is 11.7. The molecule has 1 aliphatic heterocycles. The molecule has 1 aromatic carbocycles. The molecule has 1 unspecified atom stereocenters. The Labute approximate surface area is 115 Å². The fraction of sp³-hybridized carbons (Fsp3) is 0.500. The summed E-state index contributed by atoms with van der Waals surface area (Å²) in [6, 6.07) is 8.68. The lowest BCUT2D eigenvalue weighted by atomic mass is 10.1. The van der Waals surface area contributed by atoms with E-state index in [-0.39, 0.29) is 18.3 Å². The molecule has 2 rings (SSSR count). The molecule has 1 aliphatic rings. The van der Waals surface area contributed by atoms with Gasteiger partial charge in [-0.2, -0.15) is 0 Å². The van der Waals surface area contributed by atoms with E-state index in [9.17, 15) is 4.79 Å². The molecule has 1 aromatic rings. The van der Waals surface area contributed by atoms with Crippen molar-refractivity contribution in [3.8, 4) is 0 Å². The summed E-state index contributed by atoms with van der Waals surface area (Å²) in [6.45, 7) is 4.01. The quantitative estimate of drug-likeness (QED) is 0.875. The van der Waals surface area contributed by atoms with Crippen LogP contribution in [0.4, 0.5) is 0 Å². The molecule has 1 amide bonds. The van der Waals surface area contributed by atoms with E-state index in [2.05, 4.69) is 35.8 Å². The van der Waals surface area contributed by atoms with Crippen LogP contribution < -0.4 is 10.6 Å². The van der Waals surface area contributed by atoms with Gasteiger partial charge in [0.25, 0.3) is 0 Å². The summed E-state index contributed by atoms with van der Waals surface area (Å²) < 4.78 is 0. The Balaban J connectivity index is 0.00000162. The Kier molecular flexibility index (Phi) is 6.16. The smallest absolute Gasteiger partial charge is 0.220 e. The standard InChI is InChI=1S/C14H20N2O.ClH/c1-11-3-2-4-12(9-11)5-6-14(17)16-13-7-8-15-10-13;/h2-4,9,13,15H,5-8,10H2,1H3,(H,16,17);1H. The van der Waals surface area contributed by atoms with Gasteiger partial charge in [0, 0.05) is 19.0 Å². The zero-order valence-electron chi connectivity index (χ0n) is 10.7. The highest BCUT2D eigenvalue weighted by molar-refractivity contribution is 5.85. The van der Waals surface area contributed by atoms with Gasteiger partial charge >= 0.3 is 0 Å². The van der Waals surface area contributed by atoms with E-state index in [0.717, 1.165) is 25.9 Å². The molecule has 100 valence electrons. The van der Waals surface area contributed by atoms with Crippen molar-refractivity contribution in [3.63, 3.8) is 0 Å². The van der Waals surface area contributed by atoms with E-state index in [1.807, 2.05) is 6.07 Å². The first-order chi connectivity index (χ1) is 8.24. The van der Waals surface area contributed by atoms with E-state index in [1.54, 1.807) is 0 Å². The van der Waals surface area contributed by atoms with Crippen molar-refractivity contribution in [1.82, 2.24) is 10.6 Å². The SMILES string of the molecule is Cc1cccc(CCC(=O)NC2CCNC2)c1.Cl. The molecule has 0 saturated carbocycles. The molecular weight excluding hydrogens is 248 g/mol. The summed E-state index contributed by atoms with van der Waals surface area (Å²) >= 11 is 0. The molecule has 0 aromatic heterocycles. The van der Waals surface area contributed by atoms with E-state index in [4.69, 9.17) is 0 Å². The van der Waals surface area contributed by atoms with E-state index >= 15 is 0 Å². The van der Waals surface area contributed by atoms with Gasteiger partial charge in [0.15, 0.2) is 0 Å². The fourth-order valence-corrected chi connectivity index (χ4v) is 2.20. The number of benzene rings is 1. The molecule has 0 spiro atoms. The predicted octanol–water partition coefficient (Wildman–Crippen LogP) is 1.83. The van der Waals surface area contributed by atoms with Crippen molar-refractivity contribution in [3.05, 3.63) is 35.4 Å². The zero-order chi connectivity index (χ0) is 12.1. The Morgan fingerprint density at radius 1 is 1.50 bits per heavy atom. The van der Waals surface area contributed by atoms with Crippen LogP contribution in [0.3, 0.4) is 0 Å². The normalized spacial score (nSPS) is 18.2. The van der Waals surface area contributed by atoms with Gasteiger partial charge in [0.1, 0.15) is 0 Å². The summed E-state index contributed by atoms with van der Waals surface area (Å²) in [6.07, 6.45) is 2.46. The Hall–Kier alpha value is -1.06. The highest BCUT2D eigenvalue weighted by Crippen LogP contribution is 2.07. The molecule has 0 aliphatic carbocycles. The molecule has 0 bridgehead atoms. The van der Waals surface area contributed by atoms with Gasteiger partial charge in [0.05, 0.1) is 0 Å². The number of hydrogen-bond donors (Lipinski definition) is 2. The maximum atomic E-state index is 11.7. The minimum Gasteiger partial charge on any atom is -0.352 e. The Morgan fingerprint density at radius 3 is 3.00 bits per heavy atom. The first-order valence-corrected chi connectivity index (χ1v) is 6.29. The van der Waals surface area contributed by atoms with Gasteiger partial charge in [0.2, 0.25) is 5.91 Å². The topological polar surface area (TPSA) is 41.1 Å².